The smallest absolute Gasteiger partial charge is 0 e. The molecule has 14 heavy (non-hydrogen) atoms. The summed E-state index contributed by atoms with van der Waals surface area (Å²) in [7, 11) is 0. The first-order valence-electron chi connectivity index (χ1n) is 0. The summed E-state index contributed by atoms with van der Waals surface area (Å²) in [6, 6.07) is 0. The van der Waals surface area contributed by atoms with Crippen LogP contribution in [-0.2, 0) is 260 Å². The van der Waals surface area contributed by atoms with Crippen LogP contribution in [-0.4, -0.2) is 0 Å². The van der Waals surface area contributed by atoms with Gasteiger partial charge >= 0.3 is 0 Å². The first kappa shape index (κ1) is 149. The maximum Gasteiger partial charge on any atom is 0 e. The van der Waals surface area contributed by atoms with Gasteiger partial charge in [0.15, 0.2) is 0 Å². The summed E-state index contributed by atoms with van der Waals surface area (Å²) in [4.78, 5) is 0. The molecule has 0 aliphatic heterocycles. The quantitative estimate of drug-likeness (QED) is 0.331. The van der Waals surface area contributed by atoms with Crippen LogP contribution in [0.25, 0.3) is 0 Å². The van der Waals surface area contributed by atoms with Crippen molar-refractivity contribution in [3.63, 3.8) is 0 Å². The van der Waals surface area contributed by atoms with Gasteiger partial charge in [0.1, 0.15) is 0 Å². The molecule has 14 heteroatoms. The molecule has 0 atom stereocenters. The van der Waals surface area contributed by atoms with Gasteiger partial charge in [0.25, 0.3) is 0 Å². The minimum absolute atomic E-state index is 0. The zero-order valence-corrected chi connectivity index (χ0v) is 25.8. The van der Waals surface area contributed by atoms with Crippen molar-refractivity contribution in [2.75, 3.05) is 0 Å². The third-order valence-electron chi connectivity index (χ3n) is 0. The van der Waals surface area contributed by atoms with E-state index in [1.807, 2.05) is 0 Å². The number of hydrogen-bond acceptors (Lipinski definition) is 0. The van der Waals surface area contributed by atoms with E-state index in [-0.39, 0.29) is 260 Å². The summed E-state index contributed by atoms with van der Waals surface area (Å²) in [5.41, 5.74) is 0. The Hall–Kier alpha value is 8.18. The van der Waals surface area contributed by atoms with E-state index >= 15 is 0 Å². The minimum atomic E-state index is 0. The SMILES string of the molecule is [V].[V].[V].[V].[V].[V].[V].[V].[V].[V].[V].[V].[V].[V]. The van der Waals surface area contributed by atoms with Gasteiger partial charge in [0, 0.05) is 260 Å². The van der Waals surface area contributed by atoms with E-state index in [0.29, 0.717) is 0 Å². The summed E-state index contributed by atoms with van der Waals surface area (Å²) in [6.45, 7) is 0. The van der Waals surface area contributed by atoms with E-state index in [9.17, 15) is 0 Å². The molecule has 0 amide bonds. The van der Waals surface area contributed by atoms with Gasteiger partial charge in [-0.15, -0.1) is 0 Å². The van der Waals surface area contributed by atoms with Crippen LogP contribution in [0.2, 0.25) is 0 Å². The van der Waals surface area contributed by atoms with Crippen LogP contribution in [0.4, 0.5) is 0 Å². The van der Waals surface area contributed by atoms with E-state index in [2.05, 4.69) is 0 Å². The Balaban J connectivity index is 0. The van der Waals surface area contributed by atoms with Gasteiger partial charge in [-0.2, -0.15) is 0 Å². The maximum atomic E-state index is 0. The van der Waals surface area contributed by atoms with Crippen molar-refractivity contribution in [1.82, 2.24) is 0 Å². The number of rotatable bonds is 0. The predicted octanol–water partition coefficient (Wildman–Crippen LogP) is -0.0350. The number of hydrogen-bond donors (Lipinski definition) is 0. The maximum absolute atomic E-state index is 0. The molecule has 0 aliphatic carbocycles. The van der Waals surface area contributed by atoms with Crippen molar-refractivity contribution in [2.24, 2.45) is 0 Å². The Morgan fingerprint density at radius 1 is 0.0714 bits per heavy atom. The molecule has 0 aromatic carbocycles. The average Bonchev–Trinajstić information content (AvgIpc) is 0. The van der Waals surface area contributed by atoms with Crippen LogP contribution in [0.15, 0.2) is 0 Å². The van der Waals surface area contributed by atoms with Crippen LogP contribution in [0.3, 0.4) is 0 Å². The van der Waals surface area contributed by atoms with E-state index in [1.54, 1.807) is 0 Å². The molecular formula is V14. The van der Waals surface area contributed by atoms with Crippen LogP contribution >= 0.6 is 0 Å². The van der Waals surface area contributed by atoms with Gasteiger partial charge in [-0.05, 0) is 0 Å². The monoisotopic (exact) mass is 713 g/mol. The molecule has 0 nitrogen and oxygen atoms in total. The zero-order valence-electron chi connectivity index (χ0n) is 6.26. The normalized spacial score (nSPS) is 0. The largest absolute Gasteiger partial charge is 0 e. The van der Waals surface area contributed by atoms with Crippen molar-refractivity contribution in [1.29, 1.82) is 0 Å². The standard InChI is InChI=1S/14V. The third-order valence-corrected chi connectivity index (χ3v) is 0. The van der Waals surface area contributed by atoms with Crippen LogP contribution in [0.1, 0.15) is 0 Å². The Bertz CT molecular complexity index is 0. The molecule has 0 saturated heterocycles. The van der Waals surface area contributed by atoms with E-state index in [4.69, 9.17) is 0 Å². The molecule has 0 spiro atoms. The topological polar surface area (TPSA) is 0 Å². The van der Waals surface area contributed by atoms with E-state index in [1.165, 1.54) is 0 Å². The fourth-order valence-corrected chi connectivity index (χ4v) is 0. The Labute approximate surface area is 253 Å². The summed E-state index contributed by atoms with van der Waals surface area (Å²) < 4.78 is 0. The van der Waals surface area contributed by atoms with Gasteiger partial charge in [0.05, 0.1) is 0 Å². The molecule has 0 unspecified atom stereocenters. The van der Waals surface area contributed by atoms with Crippen molar-refractivity contribution < 1.29 is 260 Å². The molecule has 0 aliphatic rings. The molecule has 0 fully saturated rings. The molecule has 70 valence electrons. The van der Waals surface area contributed by atoms with Crippen LogP contribution in [0.5, 0.6) is 0 Å². The van der Waals surface area contributed by atoms with Crippen molar-refractivity contribution in [2.45, 2.75) is 0 Å². The Kier molecular flexibility index (Phi) is 1370. The fraction of sp³-hybridized carbons (Fsp3) is 0. The predicted molar refractivity (Wildman–Crippen MR) is 0 cm³/mol. The summed E-state index contributed by atoms with van der Waals surface area (Å²) in [5, 5.41) is 0. The molecule has 0 heterocycles. The first-order chi connectivity index (χ1) is 0. The second kappa shape index (κ2) is 129. The van der Waals surface area contributed by atoms with Gasteiger partial charge < -0.3 is 0 Å². The molecule has 14 radical (unpaired) electrons. The molecule has 0 rings (SSSR count). The molecule has 0 bridgehead atoms. The van der Waals surface area contributed by atoms with Crippen molar-refractivity contribution in [3.05, 3.63) is 0 Å². The van der Waals surface area contributed by atoms with E-state index in [0.717, 1.165) is 0 Å². The molecule has 0 N–H and O–H groups in total. The zero-order chi connectivity index (χ0) is 0. The second-order valence-corrected chi connectivity index (χ2v) is 0. The average molecular weight is 713 g/mol. The Morgan fingerprint density at radius 3 is 0.0714 bits per heavy atom. The fourth-order valence-electron chi connectivity index (χ4n) is 0. The van der Waals surface area contributed by atoms with E-state index < -0.39 is 0 Å². The molecule has 0 saturated carbocycles. The molecule has 0 aromatic heterocycles. The van der Waals surface area contributed by atoms with Gasteiger partial charge in [-0.1, -0.05) is 0 Å². The van der Waals surface area contributed by atoms with Gasteiger partial charge in [0.2, 0.25) is 0 Å². The van der Waals surface area contributed by atoms with Gasteiger partial charge in [-0.3, -0.25) is 0 Å². The molecular weight excluding hydrogens is 713 g/mol. The van der Waals surface area contributed by atoms with Crippen molar-refractivity contribution >= 4 is 0 Å². The summed E-state index contributed by atoms with van der Waals surface area (Å²) in [5.74, 6) is 0. The minimum Gasteiger partial charge on any atom is 0 e. The Morgan fingerprint density at radius 2 is 0.0714 bits per heavy atom. The summed E-state index contributed by atoms with van der Waals surface area (Å²) in [6.07, 6.45) is 0. The second-order valence-electron chi connectivity index (χ2n) is 0. The first-order valence-corrected chi connectivity index (χ1v) is 0. The van der Waals surface area contributed by atoms with Gasteiger partial charge in [-0.25, -0.2) is 0 Å². The van der Waals surface area contributed by atoms with Crippen LogP contribution in [0, 0.1) is 0 Å². The molecule has 0 aromatic rings. The van der Waals surface area contributed by atoms with Crippen LogP contribution < -0.4 is 0 Å². The third kappa shape index (κ3) is 111. The van der Waals surface area contributed by atoms with Crippen molar-refractivity contribution in [3.8, 4) is 0 Å². The summed E-state index contributed by atoms with van der Waals surface area (Å²) >= 11 is 0.